The third-order valence-electron chi connectivity index (χ3n) is 8.54. The van der Waals surface area contributed by atoms with Gasteiger partial charge in [0.15, 0.2) is 6.61 Å². The van der Waals surface area contributed by atoms with Gasteiger partial charge in [-0.05, 0) is 105 Å². The molecule has 0 saturated carbocycles. The number of anilines is 1. The summed E-state index contributed by atoms with van der Waals surface area (Å²) in [6.07, 6.45) is 7.40. The van der Waals surface area contributed by atoms with Crippen molar-refractivity contribution in [3.05, 3.63) is 89.0 Å². The molecular weight excluding hydrogens is 540 g/mol. The van der Waals surface area contributed by atoms with Gasteiger partial charge in [0.05, 0.1) is 5.69 Å². The molecule has 1 atom stereocenters. The Bertz CT molecular complexity index is 1290. The first-order valence-electron chi connectivity index (χ1n) is 15.8. The number of carbonyl (C=O) groups is 1. The van der Waals surface area contributed by atoms with Crippen LogP contribution in [-0.2, 0) is 22.4 Å². The van der Waals surface area contributed by atoms with E-state index in [0.717, 1.165) is 75.5 Å². The van der Waals surface area contributed by atoms with Crippen molar-refractivity contribution in [3.63, 3.8) is 0 Å². The molecule has 0 amide bonds. The van der Waals surface area contributed by atoms with Crippen LogP contribution in [-0.4, -0.2) is 56.0 Å². The highest BCUT2D eigenvalue weighted by atomic mass is 32.2. The highest BCUT2D eigenvalue weighted by Crippen LogP contribution is 2.32. The standard InChI is InChI=1S/C36H46N2O3S/c1-3-26-42-35-18-10-9-16-32(35)38-24-22-37(23-25-38)21-11-17-34(30-13-5-4-6-14-30)41-36(39)27-40-33-20-19-29-12-7-8-15-31(29)28(33)2/h4-6,9-10,13-14,16,18-20,34H,3,7-8,11-12,15,17,21-27H2,1-2H3. The average molecular weight is 587 g/mol. The summed E-state index contributed by atoms with van der Waals surface area (Å²) < 4.78 is 12.0. The minimum atomic E-state index is -0.311. The molecule has 0 spiro atoms. The number of rotatable bonds is 13. The van der Waals surface area contributed by atoms with Gasteiger partial charge in [-0.2, -0.15) is 0 Å². The monoisotopic (exact) mass is 586 g/mol. The van der Waals surface area contributed by atoms with Crippen LogP contribution >= 0.6 is 11.8 Å². The summed E-state index contributed by atoms with van der Waals surface area (Å²) in [4.78, 5) is 19.4. The van der Waals surface area contributed by atoms with Crippen molar-refractivity contribution >= 4 is 23.4 Å². The van der Waals surface area contributed by atoms with Crippen LogP contribution in [0, 0.1) is 6.92 Å². The Morgan fingerprint density at radius 3 is 2.50 bits per heavy atom. The number of para-hydroxylation sites is 1. The van der Waals surface area contributed by atoms with E-state index in [-0.39, 0.29) is 18.7 Å². The normalized spacial score (nSPS) is 16.1. The molecular formula is C36H46N2O3S. The molecule has 0 aromatic heterocycles. The van der Waals surface area contributed by atoms with E-state index in [1.54, 1.807) is 0 Å². The number of fused-ring (bicyclic) bond motifs is 1. The van der Waals surface area contributed by atoms with Crippen molar-refractivity contribution in [2.45, 2.75) is 69.8 Å². The maximum absolute atomic E-state index is 13.0. The van der Waals surface area contributed by atoms with Gasteiger partial charge >= 0.3 is 5.97 Å². The summed E-state index contributed by atoms with van der Waals surface area (Å²) in [7, 11) is 0. The molecule has 5 nitrogen and oxygen atoms in total. The number of nitrogens with zero attached hydrogens (tertiary/aromatic N) is 2. The molecule has 1 aliphatic heterocycles. The average Bonchev–Trinajstić information content (AvgIpc) is 3.04. The number of ether oxygens (including phenoxy) is 2. The van der Waals surface area contributed by atoms with Crippen LogP contribution < -0.4 is 9.64 Å². The van der Waals surface area contributed by atoms with E-state index in [9.17, 15) is 4.79 Å². The molecule has 1 saturated heterocycles. The number of aryl methyl sites for hydroxylation is 1. The maximum atomic E-state index is 13.0. The molecule has 42 heavy (non-hydrogen) atoms. The van der Waals surface area contributed by atoms with Gasteiger partial charge in [0.2, 0.25) is 0 Å². The Balaban J connectivity index is 1.11. The highest BCUT2D eigenvalue weighted by molar-refractivity contribution is 7.99. The van der Waals surface area contributed by atoms with Crippen molar-refractivity contribution in [3.8, 4) is 5.75 Å². The lowest BCUT2D eigenvalue weighted by molar-refractivity contribution is -0.152. The van der Waals surface area contributed by atoms with Gasteiger partial charge in [-0.1, -0.05) is 55.5 Å². The van der Waals surface area contributed by atoms with Crippen LogP contribution in [0.3, 0.4) is 0 Å². The number of benzene rings is 3. The molecule has 1 fully saturated rings. The molecule has 3 aromatic carbocycles. The topological polar surface area (TPSA) is 42.0 Å². The minimum absolute atomic E-state index is 0.0665. The van der Waals surface area contributed by atoms with Crippen molar-refractivity contribution in [2.75, 3.05) is 50.0 Å². The predicted molar refractivity (Wildman–Crippen MR) is 174 cm³/mol. The van der Waals surface area contributed by atoms with Crippen molar-refractivity contribution in [2.24, 2.45) is 0 Å². The fraction of sp³-hybridized carbons (Fsp3) is 0.472. The van der Waals surface area contributed by atoms with Crippen LogP contribution in [0.4, 0.5) is 5.69 Å². The first kappa shape index (κ1) is 30.5. The van der Waals surface area contributed by atoms with Gasteiger partial charge in [-0.25, -0.2) is 4.79 Å². The molecule has 6 heteroatoms. The van der Waals surface area contributed by atoms with Crippen molar-refractivity contribution in [1.82, 2.24) is 4.90 Å². The van der Waals surface area contributed by atoms with Gasteiger partial charge in [-0.3, -0.25) is 4.90 Å². The lowest BCUT2D eigenvalue weighted by Gasteiger charge is -2.37. The Hall–Kier alpha value is -2.96. The van der Waals surface area contributed by atoms with Gasteiger partial charge < -0.3 is 14.4 Å². The summed E-state index contributed by atoms with van der Waals surface area (Å²) in [5, 5.41) is 0. The van der Waals surface area contributed by atoms with E-state index in [4.69, 9.17) is 9.47 Å². The second-order valence-corrected chi connectivity index (χ2v) is 12.6. The second-order valence-electron chi connectivity index (χ2n) is 11.5. The number of carbonyl (C=O) groups excluding carboxylic acids is 1. The lowest BCUT2D eigenvalue weighted by atomic mass is 9.88. The largest absolute Gasteiger partial charge is 0.482 e. The Morgan fingerprint density at radius 1 is 0.929 bits per heavy atom. The van der Waals surface area contributed by atoms with Crippen molar-refractivity contribution < 1.29 is 14.3 Å². The number of hydrogen-bond acceptors (Lipinski definition) is 6. The summed E-state index contributed by atoms with van der Waals surface area (Å²) in [5.74, 6) is 1.65. The molecule has 1 unspecified atom stereocenters. The van der Waals surface area contributed by atoms with E-state index in [2.05, 4.69) is 66.1 Å². The fourth-order valence-corrected chi connectivity index (χ4v) is 7.15. The number of piperazine rings is 1. The first-order chi connectivity index (χ1) is 20.6. The zero-order chi connectivity index (χ0) is 29.1. The molecule has 1 heterocycles. The van der Waals surface area contributed by atoms with Crippen LogP contribution in [0.2, 0.25) is 0 Å². The Morgan fingerprint density at radius 2 is 1.69 bits per heavy atom. The molecule has 3 aromatic rings. The molecule has 1 aliphatic carbocycles. The van der Waals surface area contributed by atoms with E-state index in [1.165, 1.54) is 46.5 Å². The van der Waals surface area contributed by atoms with E-state index >= 15 is 0 Å². The zero-order valence-corrected chi connectivity index (χ0v) is 26.2. The summed E-state index contributed by atoms with van der Waals surface area (Å²) in [6.45, 7) is 9.48. The van der Waals surface area contributed by atoms with E-state index in [1.807, 2.05) is 36.0 Å². The van der Waals surface area contributed by atoms with Crippen molar-refractivity contribution in [1.29, 1.82) is 0 Å². The smallest absolute Gasteiger partial charge is 0.344 e. The second kappa shape index (κ2) is 15.5. The van der Waals surface area contributed by atoms with E-state index < -0.39 is 0 Å². The predicted octanol–water partition coefficient (Wildman–Crippen LogP) is 7.64. The third-order valence-corrected chi connectivity index (χ3v) is 9.81. The van der Waals surface area contributed by atoms with Gasteiger partial charge in [0, 0.05) is 31.1 Å². The highest BCUT2D eigenvalue weighted by Gasteiger charge is 2.22. The van der Waals surface area contributed by atoms with Crippen LogP contribution in [0.5, 0.6) is 5.75 Å². The Kier molecular flexibility index (Phi) is 11.2. The number of hydrogen-bond donors (Lipinski definition) is 0. The maximum Gasteiger partial charge on any atom is 0.344 e. The zero-order valence-electron chi connectivity index (χ0n) is 25.4. The molecule has 2 aliphatic rings. The fourth-order valence-electron chi connectivity index (χ4n) is 6.20. The third kappa shape index (κ3) is 8.11. The molecule has 0 N–H and O–H groups in total. The quantitative estimate of drug-likeness (QED) is 0.151. The Labute approximate surface area is 256 Å². The first-order valence-corrected chi connectivity index (χ1v) is 16.8. The SMILES string of the molecule is CCCSc1ccccc1N1CCN(CCCC(OC(=O)COc2ccc3c(c2C)CCCC3)c2ccccc2)CC1. The minimum Gasteiger partial charge on any atom is -0.482 e. The van der Waals surface area contributed by atoms with Crippen LogP contribution in [0.1, 0.15) is 67.4 Å². The number of esters is 1. The molecule has 0 radical (unpaired) electrons. The van der Waals surface area contributed by atoms with Gasteiger partial charge in [-0.15, -0.1) is 11.8 Å². The van der Waals surface area contributed by atoms with Gasteiger partial charge in [0.25, 0.3) is 0 Å². The van der Waals surface area contributed by atoms with Crippen LogP contribution in [0.15, 0.2) is 71.6 Å². The molecule has 224 valence electrons. The number of thioether (sulfide) groups is 1. The molecule has 0 bridgehead atoms. The lowest BCUT2D eigenvalue weighted by Crippen LogP contribution is -2.46. The molecule has 5 rings (SSSR count). The van der Waals surface area contributed by atoms with Crippen LogP contribution in [0.25, 0.3) is 0 Å². The summed E-state index contributed by atoms with van der Waals surface area (Å²) in [5.41, 5.74) is 6.41. The van der Waals surface area contributed by atoms with E-state index in [0.29, 0.717) is 0 Å². The summed E-state index contributed by atoms with van der Waals surface area (Å²) >= 11 is 1.96. The van der Waals surface area contributed by atoms with Gasteiger partial charge in [0.1, 0.15) is 11.9 Å². The summed E-state index contributed by atoms with van der Waals surface area (Å²) in [6, 6.07) is 23.1.